The molecule has 12 nitrogen and oxygen atoms in total. The van der Waals surface area contributed by atoms with Gasteiger partial charge < -0.3 is 10.6 Å². The predicted molar refractivity (Wildman–Crippen MR) is 109 cm³/mol. The Morgan fingerprint density at radius 3 is 2.72 bits per heavy atom. The molecule has 4 amide bonds. The number of anilines is 1. The average molecular weight is 438 g/mol. The van der Waals surface area contributed by atoms with Gasteiger partial charge in [0.2, 0.25) is 17.8 Å². The van der Waals surface area contributed by atoms with Crippen LogP contribution in [0.3, 0.4) is 0 Å². The van der Waals surface area contributed by atoms with Gasteiger partial charge in [-0.1, -0.05) is 11.2 Å². The molecule has 32 heavy (non-hydrogen) atoms. The van der Waals surface area contributed by atoms with Gasteiger partial charge in [0.25, 0.3) is 11.8 Å². The third-order valence-electron chi connectivity index (χ3n) is 6.06. The number of hydrogen-bond donors (Lipinski definition) is 3. The molecule has 1 aromatic heterocycles. The Morgan fingerprint density at radius 1 is 1.09 bits per heavy atom. The van der Waals surface area contributed by atoms with Crippen LogP contribution in [0.2, 0.25) is 0 Å². The van der Waals surface area contributed by atoms with E-state index in [2.05, 4.69) is 31.5 Å². The highest BCUT2D eigenvalue weighted by atomic mass is 16.2. The Balaban J connectivity index is 1.31. The number of tetrazole rings is 1. The number of hydrogen-bond acceptors (Lipinski definition) is 9. The Morgan fingerprint density at radius 2 is 1.94 bits per heavy atom. The fourth-order valence-electron chi connectivity index (χ4n) is 4.41. The van der Waals surface area contributed by atoms with Gasteiger partial charge in [-0.05, 0) is 53.9 Å². The van der Waals surface area contributed by atoms with E-state index in [0.29, 0.717) is 12.5 Å². The molecule has 12 heteroatoms. The number of rotatable bonds is 5. The summed E-state index contributed by atoms with van der Waals surface area (Å²) in [7, 11) is 0. The van der Waals surface area contributed by atoms with E-state index in [0.717, 1.165) is 36.4 Å². The minimum Gasteiger partial charge on any atom is -0.349 e. The van der Waals surface area contributed by atoms with Crippen molar-refractivity contribution in [2.45, 2.75) is 44.3 Å². The van der Waals surface area contributed by atoms with E-state index in [9.17, 15) is 19.2 Å². The maximum atomic E-state index is 13.0. The number of carbonyl (C=O) groups excluding carboxylic acids is 4. The fourth-order valence-corrected chi connectivity index (χ4v) is 4.41. The number of carbonyl (C=O) groups is 4. The van der Waals surface area contributed by atoms with E-state index in [-0.39, 0.29) is 30.0 Å². The van der Waals surface area contributed by atoms with Crippen LogP contribution in [-0.4, -0.2) is 67.9 Å². The number of nitrogens with zero attached hydrogens (tertiary/aromatic N) is 5. The second kappa shape index (κ2) is 8.11. The molecule has 0 bridgehead atoms. The summed E-state index contributed by atoms with van der Waals surface area (Å²) in [6.45, 7) is 2.14. The van der Waals surface area contributed by atoms with Crippen LogP contribution in [0.4, 0.5) is 5.95 Å². The number of fused-ring (bicyclic) bond motifs is 1. The van der Waals surface area contributed by atoms with Crippen LogP contribution in [0.1, 0.15) is 58.0 Å². The number of piperidine rings is 2. The van der Waals surface area contributed by atoms with Crippen molar-refractivity contribution in [2.75, 3.05) is 18.4 Å². The number of imide groups is 2. The van der Waals surface area contributed by atoms with Crippen molar-refractivity contribution in [2.24, 2.45) is 0 Å². The van der Waals surface area contributed by atoms with Crippen molar-refractivity contribution in [3.63, 3.8) is 0 Å². The predicted octanol–water partition coefficient (Wildman–Crippen LogP) is -0.389. The highest BCUT2D eigenvalue weighted by Gasteiger charge is 2.44. The highest BCUT2D eigenvalue weighted by Crippen LogP contribution is 2.28. The highest BCUT2D eigenvalue weighted by molar-refractivity contribution is 6.23. The van der Waals surface area contributed by atoms with E-state index in [4.69, 9.17) is 0 Å². The molecule has 0 spiro atoms. The molecule has 0 aliphatic carbocycles. The Bertz CT molecular complexity index is 1110. The summed E-state index contributed by atoms with van der Waals surface area (Å²) in [6.07, 6.45) is 2.25. The number of aromatic nitrogens is 4. The van der Waals surface area contributed by atoms with Gasteiger partial charge in [0.05, 0.1) is 17.2 Å². The van der Waals surface area contributed by atoms with Crippen molar-refractivity contribution in [3.05, 3.63) is 34.9 Å². The lowest BCUT2D eigenvalue weighted by Gasteiger charge is -2.27. The number of benzene rings is 1. The molecular weight excluding hydrogens is 416 g/mol. The number of amides is 4. The first kappa shape index (κ1) is 20.2. The molecule has 0 saturated carbocycles. The normalized spacial score (nSPS) is 23.3. The minimum absolute atomic E-state index is 0.0875. The molecule has 2 unspecified atom stereocenters. The second-order valence-corrected chi connectivity index (χ2v) is 8.13. The molecule has 2 aromatic rings. The van der Waals surface area contributed by atoms with Crippen LogP contribution in [0, 0.1) is 0 Å². The Labute approximate surface area is 182 Å². The molecule has 5 rings (SSSR count). The summed E-state index contributed by atoms with van der Waals surface area (Å²) >= 11 is 0. The van der Waals surface area contributed by atoms with Crippen molar-refractivity contribution in [1.29, 1.82) is 0 Å². The summed E-state index contributed by atoms with van der Waals surface area (Å²) in [5.41, 5.74) is 1.27. The smallest absolute Gasteiger partial charge is 0.262 e. The maximum Gasteiger partial charge on any atom is 0.262 e. The topological polar surface area (TPSA) is 151 Å². The molecule has 1 aromatic carbocycles. The molecule has 3 N–H and O–H groups in total. The van der Waals surface area contributed by atoms with Gasteiger partial charge in [0, 0.05) is 19.5 Å². The first-order valence-electron chi connectivity index (χ1n) is 10.6. The molecular formula is C20H22N8O4. The SMILES string of the molecule is O=C1CCC(N2C(=O)c3ccc(CNc4nnnn4C4CCCNC4)cc3C2=O)C(=O)N1. The maximum absolute atomic E-state index is 13.0. The summed E-state index contributed by atoms with van der Waals surface area (Å²) in [5, 5.41) is 20.6. The fraction of sp³-hybridized carbons (Fsp3) is 0.450. The quantitative estimate of drug-likeness (QED) is 0.530. The average Bonchev–Trinajstić information content (AvgIpc) is 3.36. The van der Waals surface area contributed by atoms with Crippen molar-refractivity contribution >= 4 is 29.6 Å². The molecule has 2 saturated heterocycles. The van der Waals surface area contributed by atoms with Crippen LogP contribution >= 0.6 is 0 Å². The molecule has 3 aliphatic rings. The minimum atomic E-state index is -0.976. The van der Waals surface area contributed by atoms with Gasteiger partial charge in [-0.15, -0.1) is 0 Å². The zero-order chi connectivity index (χ0) is 22.2. The lowest BCUT2D eigenvalue weighted by Crippen LogP contribution is -2.54. The monoisotopic (exact) mass is 438 g/mol. The molecule has 2 atom stereocenters. The Kier molecular flexibility index (Phi) is 5.13. The zero-order valence-electron chi connectivity index (χ0n) is 17.2. The van der Waals surface area contributed by atoms with E-state index < -0.39 is 29.7 Å². The summed E-state index contributed by atoms with van der Waals surface area (Å²) < 4.78 is 1.76. The molecule has 2 fully saturated rings. The second-order valence-electron chi connectivity index (χ2n) is 8.13. The van der Waals surface area contributed by atoms with Crippen molar-refractivity contribution < 1.29 is 19.2 Å². The summed E-state index contributed by atoms with van der Waals surface area (Å²) in [4.78, 5) is 50.3. The van der Waals surface area contributed by atoms with Crippen LogP contribution in [0.25, 0.3) is 0 Å². The van der Waals surface area contributed by atoms with Crippen LogP contribution in [0.5, 0.6) is 0 Å². The first-order valence-corrected chi connectivity index (χ1v) is 10.6. The third kappa shape index (κ3) is 3.51. The summed E-state index contributed by atoms with van der Waals surface area (Å²) in [6, 6.07) is 4.18. The largest absolute Gasteiger partial charge is 0.349 e. The van der Waals surface area contributed by atoms with Crippen molar-refractivity contribution in [1.82, 2.24) is 35.7 Å². The standard InChI is InChI=1S/C20H22N8O4/c29-16-6-5-15(17(30)23-16)27-18(31)13-4-3-11(8-14(13)19(27)32)9-22-20-24-25-26-28(20)12-2-1-7-21-10-12/h3-4,8,12,15,21H,1-2,5-7,9-10H2,(H,22,24,26)(H,23,29,30). The lowest BCUT2D eigenvalue weighted by molar-refractivity contribution is -0.136. The van der Waals surface area contributed by atoms with E-state index >= 15 is 0 Å². The summed E-state index contributed by atoms with van der Waals surface area (Å²) in [5.74, 6) is -1.54. The van der Waals surface area contributed by atoms with Gasteiger partial charge in [0.1, 0.15) is 6.04 Å². The third-order valence-corrected chi connectivity index (χ3v) is 6.06. The van der Waals surface area contributed by atoms with Gasteiger partial charge in [0.15, 0.2) is 0 Å². The van der Waals surface area contributed by atoms with E-state index in [1.807, 2.05) is 0 Å². The van der Waals surface area contributed by atoms with Crippen LogP contribution in [-0.2, 0) is 16.1 Å². The number of nitrogens with one attached hydrogen (secondary N) is 3. The molecule has 166 valence electrons. The zero-order valence-corrected chi connectivity index (χ0v) is 17.2. The van der Waals surface area contributed by atoms with Gasteiger partial charge in [-0.2, -0.15) is 0 Å². The van der Waals surface area contributed by atoms with Gasteiger partial charge >= 0.3 is 0 Å². The van der Waals surface area contributed by atoms with E-state index in [1.54, 1.807) is 22.9 Å². The van der Waals surface area contributed by atoms with Crippen LogP contribution in [0.15, 0.2) is 18.2 Å². The van der Waals surface area contributed by atoms with Crippen molar-refractivity contribution in [3.8, 4) is 0 Å². The van der Waals surface area contributed by atoms with E-state index in [1.165, 1.54) is 0 Å². The van der Waals surface area contributed by atoms with Crippen LogP contribution < -0.4 is 16.0 Å². The lowest BCUT2D eigenvalue weighted by atomic mass is 10.0. The molecule has 4 heterocycles. The molecule has 3 aliphatic heterocycles. The molecule has 0 radical (unpaired) electrons. The van der Waals surface area contributed by atoms with Gasteiger partial charge in [-0.3, -0.25) is 29.4 Å². The van der Waals surface area contributed by atoms with Gasteiger partial charge in [-0.25, -0.2) is 4.68 Å². The first-order chi connectivity index (χ1) is 15.5. The Hall–Kier alpha value is -3.67.